The van der Waals surface area contributed by atoms with Crippen molar-refractivity contribution < 1.29 is 10.2 Å². The number of nitrogens with zero attached hydrogens (tertiary/aromatic N) is 2. The molecule has 2 aromatic heterocycles. The molecule has 0 unspecified atom stereocenters. The quantitative estimate of drug-likeness (QED) is 0.245. The summed E-state index contributed by atoms with van der Waals surface area (Å²) in [6, 6.07) is 20.4. The predicted octanol–water partition coefficient (Wildman–Crippen LogP) is 6.65. The molecule has 0 aliphatic carbocycles. The zero-order chi connectivity index (χ0) is 26.2. The van der Waals surface area contributed by atoms with E-state index in [1.165, 1.54) is 11.1 Å². The third kappa shape index (κ3) is 6.54. The molecule has 0 radical (unpaired) electrons. The molecule has 36 heavy (non-hydrogen) atoms. The van der Waals surface area contributed by atoms with Crippen molar-refractivity contribution in [1.29, 1.82) is 0 Å². The molecule has 6 nitrogen and oxygen atoms in total. The molecule has 0 saturated heterocycles. The van der Waals surface area contributed by atoms with E-state index in [4.69, 9.17) is 0 Å². The Morgan fingerprint density at radius 2 is 0.861 bits per heavy atom. The molecule has 0 atom stereocenters. The minimum Gasteiger partial charge on any atom is -0.506 e. The molecule has 2 aromatic carbocycles. The van der Waals surface area contributed by atoms with Crippen molar-refractivity contribution in [2.24, 2.45) is 0 Å². The molecular weight excluding hydrogens is 448 g/mol. The zero-order valence-electron chi connectivity index (χ0n) is 22.0. The van der Waals surface area contributed by atoms with E-state index in [1.54, 1.807) is 0 Å². The number of hydrogen-bond acceptors (Lipinski definition) is 6. The van der Waals surface area contributed by atoms with Crippen LogP contribution in [0.4, 0.5) is 11.6 Å². The first-order chi connectivity index (χ1) is 17.2. The highest BCUT2D eigenvalue weighted by atomic mass is 16.3. The van der Waals surface area contributed by atoms with Crippen LogP contribution in [0.2, 0.25) is 0 Å². The Bertz CT molecular complexity index is 1200. The van der Waals surface area contributed by atoms with Crippen molar-refractivity contribution in [2.75, 3.05) is 10.6 Å². The minimum atomic E-state index is 0.290. The maximum atomic E-state index is 9.81. The summed E-state index contributed by atoms with van der Waals surface area (Å²) in [6.45, 7) is 12.9. The molecular formula is C30H36N4O2. The van der Waals surface area contributed by atoms with Crippen LogP contribution in [0.5, 0.6) is 11.5 Å². The summed E-state index contributed by atoms with van der Waals surface area (Å²) in [5, 5.41) is 26.2. The van der Waals surface area contributed by atoms with Crippen LogP contribution in [0, 0.1) is 41.5 Å². The maximum absolute atomic E-state index is 9.81. The lowest BCUT2D eigenvalue weighted by molar-refractivity contribution is 0.462. The summed E-state index contributed by atoms with van der Waals surface area (Å²) < 4.78 is 0. The van der Waals surface area contributed by atoms with Crippen molar-refractivity contribution in [3.8, 4) is 11.5 Å². The van der Waals surface area contributed by atoms with Crippen LogP contribution in [0.1, 0.15) is 44.8 Å². The van der Waals surface area contributed by atoms with Gasteiger partial charge in [-0.25, -0.2) is 9.97 Å². The smallest absolute Gasteiger partial charge is 0.140 e. The summed E-state index contributed by atoms with van der Waals surface area (Å²) in [7, 11) is 0. The second-order valence-electron chi connectivity index (χ2n) is 8.97. The molecule has 0 spiro atoms. The lowest BCUT2D eigenvalue weighted by Crippen LogP contribution is -2.05. The third-order valence-electron chi connectivity index (χ3n) is 6.40. The first kappa shape index (κ1) is 26.5. The molecule has 4 rings (SSSR count). The summed E-state index contributed by atoms with van der Waals surface area (Å²) >= 11 is 0. The van der Waals surface area contributed by atoms with Crippen molar-refractivity contribution >= 4 is 11.6 Å². The highest BCUT2D eigenvalue weighted by molar-refractivity contribution is 5.55. The van der Waals surface area contributed by atoms with Crippen LogP contribution in [-0.2, 0) is 13.1 Å². The zero-order valence-corrected chi connectivity index (χ0v) is 22.0. The van der Waals surface area contributed by atoms with Gasteiger partial charge in [-0.1, -0.05) is 60.7 Å². The normalized spacial score (nSPS) is 10.4. The molecule has 0 fully saturated rings. The van der Waals surface area contributed by atoms with E-state index >= 15 is 0 Å². The van der Waals surface area contributed by atoms with Crippen LogP contribution in [-0.4, -0.2) is 20.2 Å². The first-order valence-corrected chi connectivity index (χ1v) is 12.1. The van der Waals surface area contributed by atoms with Gasteiger partial charge >= 0.3 is 0 Å². The topological polar surface area (TPSA) is 90.3 Å². The van der Waals surface area contributed by atoms with E-state index in [9.17, 15) is 10.2 Å². The number of nitrogens with one attached hydrogen (secondary N) is 2. The Morgan fingerprint density at radius 3 is 1.19 bits per heavy atom. The van der Waals surface area contributed by atoms with Gasteiger partial charge in [0.25, 0.3) is 0 Å². The van der Waals surface area contributed by atoms with Gasteiger partial charge in [0.15, 0.2) is 0 Å². The number of anilines is 2. The fourth-order valence-electron chi connectivity index (χ4n) is 3.77. The number of hydrogen-bond donors (Lipinski definition) is 4. The Balaban J connectivity index is 0.000000201. The molecule has 0 saturated carbocycles. The Hall–Kier alpha value is -4.06. The Labute approximate surface area is 214 Å². The fraction of sp³-hybridized carbons (Fsp3) is 0.267. The van der Waals surface area contributed by atoms with Crippen LogP contribution in [0.3, 0.4) is 0 Å². The van der Waals surface area contributed by atoms with E-state index < -0.39 is 0 Å². The number of aryl methyl sites for hydroxylation is 2. The molecule has 0 aliphatic heterocycles. The molecule has 4 N–H and O–H groups in total. The molecule has 0 bridgehead atoms. The second-order valence-corrected chi connectivity index (χ2v) is 8.97. The third-order valence-corrected chi connectivity index (χ3v) is 6.40. The first-order valence-electron chi connectivity index (χ1n) is 12.1. The average molecular weight is 485 g/mol. The number of aromatic hydroxyl groups is 2. The largest absolute Gasteiger partial charge is 0.506 e. The summed E-state index contributed by atoms with van der Waals surface area (Å²) in [6.07, 6.45) is 0. The van der Waals surface area contributed by atoms with E-state index in [1.807, 2.05) is 77.9 Å². The predicted molar refractivity (Wildman–Crippen MR) is 148 cm³/mol. The van der Waals surface area contributed by atoms with Crippen molar-refractivity contribution in [2.45, 2.75) is 54.6 Å². The highest BCUT2D eigenvalue weighted by Gasteiger charge is 2.11. The summed E-state index contributed by atoms with van der Waals surface area (Å²) in [4.78, 5) is 8.77. The number of aromatic nitrogens is 2. The van der Waals surface area contributed by atoms with Crippen LogP contribution in [0.15, 0.2) is 60.7 Å². The van der Waals surface area contributed by atoms with Gasteiger partial charge in [0.2, 0.25) is 0 Å². The van der Waals surface area contributed by atoms with Gasteiger partial charge in [-0.15, -0.1) is 0 Å². The Kier molecular flexibility index (Phi) is 8.90. The molecule has 0 aliphatic rings. The van der Waals surface area contributed by atoms with Crippen molar-refractivity contribution in [3.05, 3.63) is 105 Å². The van der Waals surface area contributed by atoms with Crippen LogP contribution in [0.25, 0.3) is 0 Å². The van der Waals surface area contributed by atoms with Gasteiger partial charge < -0.3 is 20.8 Å². The highest BCUT2D eigenvalue weighted by Crippen LogP contribution is 2.28. The molecule has 188 valence electrons. The SMILES string of the molecule is Cc1nc(NCc2ccccc2)c(C)c(C)c1O.Cc1nc(NCc2ccccc2)c(C)c(C)c1O. The lowest BCUT2D eigenvalue weighted by Gasteiger charge is -2.13. The minimum absolute atomic E-state index is 0.290. The molecule has 2 heterocycles. The van der Waals surface area contributed by atoms with Crippen molar-refractivity contribution in [3.63, 3.8) is 0 Å². The van der Waals surface area contributed by atoms with Gasteiger partial charge in [-0.3, -0.25) is 0 Å². The Morgan fingerprint density at radius 1 is 0.528 bits per heavy atom. The maximum Gasteiger partial charge on any atom is 0.140 e. The van der Waals surface area contributed by atoms with Gasteiger partial charge in [-0.2, -0.15) is 0 Å². The summed E-state index contributed by atoms with van der Waals surface area (Å²) in [5.74, 6) is 2.26. The van der Waals surface area contributed by atoms with E-state index in [0.29, 0.717) is 11.4 Å². The van der Waals surface area contributed by atoms with Gasteiger partial charge in [0.05, 0.1) is 11.4 Å². The van der Waals surface area contributed by atoms with Crippen molar-refractivity contribution in [1.82, 2.24) is 9.97 Å². The molecule has 6 heteroatoms. The standard InChI is InChI=1S/2C15H18N2O/c2*1-10-11(2)15(17-12(3)14(10)18)16-9-13-7-5-4-6-8-13/h2*4-8,18H,9H2,1-3H3,(H,16,17). The van der Waals surface area contributed by atoms with Crippen LogP contribution >= 0.6 is 0 Å². The van der Waals surface area contributed by atoms with Crippen LogP contribution < -0.4 is 10.6 Å². The second kappa shape index (κ2) is 12.1. The summed E-state index contributed by atoms with van der Waals surface area (Å²) in [5.41, 5.74) is 7.51. The monoisotopic (exact) mass is 484 g/mol. The average Bonchev–Trinajstić information content (AvgIpc) is 2.90. The van der Waals surface area contributed by atoms with Gasteiger partial charge in [0, 0.05) is 13.1 Å². The van der Waals surface area contributed by atoms with Gasteiger partial charge in [-0.05, 0) is 74.9 Å². The molecule has 0 amide bonds. The number of benzene rings is 2. The number of pyridine rings is 2. The number of rotatable bonds is 6. The fourth-order valence-corrected chi connectivity index (χ4v) is 3.77. The van der Waals surface area contributed by atoms with E-state index in [-0.39, 0.29) is 11.5 Å². The van der Waals surface area contributed by atoms with E-state index in [0.717, 1.165) is 47.0 Å². The van der Waals surface area contributed by atoms with E-state index in [2.05, 4.69) is 44.9 Å². The molecule has 4 aromatic rings. The lowest BCUT2D eigenvalue weighted by atomic mass is 10.1. The van der Waals surface area contributed by atoms with Gasteiger partial charge in [0.1, 0.15) is 23.1 Å².